The number of aromatic nitrogens is 3. The SMILES string of the molecule is Cn1nc(C(=O)N2Cc3cccn3CC(OCC3CC3)C2)c2ccccc21. The summed E-state index contributed by atoms with van der Waals surface area (Å²) in [6.45, 7) is 2.77. The Hall–Kier alpha value is -2.60. The summed E-state index contributed by atoms with van der Waals surface area (Å²) < 4.78 is 10.2. The minimum Gasteiger partial charge on any atom is -0.374 e. The quantitative estimate of drug-likeness (QED) is 0.715. The normalized spacial score (nSPS) is 19.9. The number of fused-ring (bicyclic) bond motifs is 2. The first-order valence-electron chi connectivity index (χ1n) is 9.65. The molecule has 1 aromatic carbocycles. The molecule has 3 aromatic rings. The van der Waals surface area contributed by atoms with Crippen LogP contribution in [-0.2, 0) is 24.9 Å². The fourth-order valence-electron chi connectivity index (χ4n) is 3.89. The number of aryl methyl sites for hydroxylation is 1. The third-order valence-electron chi connectivity index (χ3n) is 5.61. The molecule has 0 N–H and O–H groups in total. The van der Waals surface area contributed by atoms with Crippen LogP contribution >= 0.6 is 0 Å². The van der Waals surface area contributed by atoms with E-state index in [1.165, 1.54) is 12.8 Å². The Balaban J connectivity index is 1.45. The molecule has 6 nitrogen and oxygen atoms in total. The van der Waals surface area contributed by atoms with Gasteiger partial charge in [0.1, 0.15) is 0 Å². The monoisotopic (exact) mass is 364 g/mol. The van der Waals surface area contributed by atoms with Crippen LogP contribution in [0.3, 0.4) is 0 Å². The number of rotatable bonds is 4. The first-order valence-corrected chi connectivity index (χ1v) is 9.65. The van der Waals surface area contributed by atoms with Crippen LogP contribution in [0, 0.1) is 5.92 Å². The topological polar surface area (TPSA) is 52.3 Å². The van der Waals surface area contributed by atoms with Crippen molar-refractivity contribution in [2.24, 2.45) is 13.0 Å². The van der Waals surface area contributed by atoms with E-state index in [4.69, 9.17) is 4.74 Å². The van der Waals surface area contributed by atoms with Crippen LogP contribution in [-0.4, -0.2) is 44.4 Å². The number of hydrogen-bond donors (Lipinski definition) is 0. The summed E-state index contributed by atoms with van der Waals surface area (Å²) in [5, 5.41) is 5.43. The molecule has 2 aromatic heterocycles. The molecule has 1 aliphatic heterocycles. The van der Waals surface area contributed by atoms with Crippen molar-refractivity contribution in [1.29, 1.82) is 0 Å². The van der Waals surface area contributed by atoms with Crippen LogP contribution in [0.2, 0.25) is 0 Å². The van der Waals surface area contributed by atoms with E-state index in [1.54, 1.807) is 4.68 Å². The predicted molar refractivity (Wildman–Crippen MR) is 102 cm³/mol. The van der Waals surface area contributed by atoms with E-state index in [1.807, 2.05) is 42.3 Å². The minimum absolute atomic E-state index is 0.0122. The Bertz CT molecular complexity index is 985. The number of nitrogens with zero attached hydrogens (tertiary/aromatic N) is 4. The van der Waals surface area contributed by atoms with Crippen molar-refractivity contribution in [2.45, 2.75) is 32.0 Å². The van der Waals surface area contributed by atoms with Crippen molar-refractivity contribution >= 4 is 16.8 Å². The average Bonchev–Trinajstić information content (AvgIpc) is 3.37. The lowest BCUT2D eigenvalue weighted by Gasteiger charge is -2.24. The lowest BCUT2D eigenvalue weighted by molar-refractivity contribution is 0.0148. The van der Waals surface area contributed by atoms with Crippen molar-refractivity contribution in [3.05, 3.63) is 54.0 Å². The highest BCUT2D eigenvalue weighted by Crippen LogP contribution is 2.30. The van der Waals surface area contributed by atoms with Crippen molar-refractivity contribution < 1.29 is 9.53 Å². The van der Waals surface area contributed by atoms with Gasteiger partial charge in [0.15, 0.2) is 5.69 Å². The van der Waals surface area contributed by atoms with Crippen molar-refractivity contribution in [2.75, 3.05) is 13.2 Å². The van der Waals surface area contributed by atoms with Crippen molar-refractivity contribution in [3.8, 4) is 0 Å². The van der Waals surface area contributed by atoms with Crippen LogP contribution in [0.4, 0.5) is 0 Å². The van der Waals surface area contributed by atoms with Gasteiger partial charge in [0.2, 0.25) is 0 Å². The molecule has 1 fully saturated rings. The van der Waals surface area contributed by atoms with Crippen LogP contribution < -0.4 is 0 Å². The van der Waals surface area contributed by atoms with Crippen molar-refractivity contribution in [3.63, 3.8) is 0 Å². The van der Waals surface area contributed by atoms with Crippen LogP contribution in [0.15, 0.2) is 42.6 Å². The number of hydrogen-bond acceptors (Lipinski definition) is 3. The summed E-state index contributed by atoms with van der Waals surface area (Å²) >= 11 is 0. The van der Waals surface area contributed by atoms with Crippen LogP contribution in [0.1, 0.15) is 29.0 Å². The molecule has 1 saturated carbocycles. The second kappa shape index (κ2) is 6.53. The molecule has 2 aliphatic rings. The summed E-state index contributed by atoms with van der Waals surface area (Å²) in [7, 11) is 1.88. The highest BCUT2D eigenvalue weighted by atomic mass is 16.5. The maximum absolute atomic E-state index is 13.4. The Labute approximate surface area is 158 Å². The molecule has 5 rings (SSSR count). The van der Waals surface area contributed by atoms with Gasteiger partial charge in [-0.15, -0.1) is 0 Å². The molecule has 6 heteroatoms. The Morgan fingerprint density at radius 3 is 2.89 bits per heavy atom. The van der Waals surface area contributed by atoms with E-state index in [0.717, 1.165) is 29.7 Å². The lowest BCUT2D eigenvalue weighted by Crippen LogP contribution is -2.37. The van der Waals surface area contributed by atoms with Gasteiger partial charge < -0.3 is 14.2 Å². The molecule has 1 unspecified atom stereocenters. The van der Waals surface area contributed by atoms with Gasteiger partial charge in [-0.25, -0.2) is 0 Å². The molecular formula is C21H24N4O2. The highest BCUT2D eigenvalue weighted by molar-refractivity contribution is 6.04. The lowest BCUT2D eigenvalue weighted by atomic mass is 10.2. The van der Waals surface area contributed by atoms with E-state index in [9.17, 15) is 4.79 Å². The molecule has 3 heterocycles. The number of benzene rings is 1. The van der Waals surface area contributed by atoms with Crippen LogP contribution in [0.5, 0.6) is 0 Å². The molecule has 1 aliphatic carbocycles. The number of para-hydroxylation sites is 1. The fraction of sp³-hybridized carbons (Fsp3) is 0.429. The van der Waals surface area contributed by atoms with Gasteiger partial charge in [-0.3, -0.25) is 9.48 Å². The number of ether oxygens (including phenoxy) is 1. The van der Waals surface area contributed by atoms with Gasteiger partial charge in [-0.05, 0) is 37.0 Å². The van der Waals surface area contributed by atoms with Crippen molar-refractivity contribution in [1.82, 2.24) is 19.2 Å². The highest BCUT2D eigenvalue weighted by Gasteiger charge is 2.30. The van der Waals surface area contributed by atoms with Gasteiger partial charge in [0.05, 0.1) is 24.7 Å². The molecule has 0 bridgehead atoms. The zero-order valence-corrected chi connectivity index (χ0v) is 15.5. The molecule has 1 atom stereocenters. The second-order valence-corrected chi connectivity index (χ2v) is 7.73. The van der Waals surface area contributed by atoms with Crippen LogP contribution in [0.25, 0.3) is 10.9 Å². The zero-order chi connectivity index (χ0) is 18.4. The zero-order valence-electron chi connectivity index (χ0n) is 15.5. The van der Waals surface area contributed by atoms with Gasteiger partial charge in [-0.1, -0.05) is 18.2 Å². The second-order valence-electron chi connectivity index (χ2n) is 7.73. The molecule has 140 valence electrons. The van der Waals surface area contributed by atoms with E-state index < -0.39 is 0 Å². The summed E-state index contributed by atoms with van der Waals surface area (Å²) in [4.78, 5) is 15.3. The van der Waals surface area contributed by atoms with Gasteiger partial charge in [0, 0.05) is 37.5 Å². The molecule has 0 saturated heterocycles. The Morgan fingerprint density at radius 1 is 1.19 bits per heavy atom. The maximum Gasteiger partial charge on any atom is 0.275 e. The smallest absolute Gasteiger partial charge is 0.275 e. The molecule has 0 radical (unpaired) electrons. The summed E-state index contributed by atoms with van der Waals surface area (Å²) in [6, 6.07) is 12.0. The number of amides is 1. The fourth-order valence-corrected chi connectivity index (χ4v) is 3.89. The third kappa shape index (κ3) is 3.14. The predicted octanol–water partition coefficient (Wildman–Crippen LogP) is 2.83. The average molecular weight is 364 g/mol. The number of carbonyl (C=O) groups excluding carboxylic acids is 1. The first-order chi connectivity index (χ1) is 13.2. The summed E-state index contributed by atoms with van der Waals surface area (Å²) in [6.07, 6.45) is 4.62. The van der Waals surface area contributed by atoms with E-state index in [-0.39, 0.29) is 12.0 Å². The van der Waals surface area contributed by atoms with Gasteiger partial charge in [-0.2, -0.15) is 5.10 Å². The number of carbonyl (C=O) groups is 1. The van der Waals surface area contributed by atoms with E-state index in [0.29, 0.717) is 24.7 Å². The first kappa shape index (κ1) is 16.6. The third-order valence-corrected chi connectivity index (χ3v) is 5.61. The minimum atomic E-state index is -0.0264. The van der Waals surface area contributed by atoms with Gasteiger partial charge in [0.25, 0.3) is 5.91 Å². The van der Waals surface area contributed by atoms with E-state index in [2.05, 4.69) is 21.9 Å². The largest absolute Gasteiger partial charge is 0.374 e. The standard InChI is InChI=1S/C21H24N4O2/c1-23-19-7-3-2-6-18(19)20(22-23)21(26)25-11-16-5-4-10-24(16)12-17(13-25)27-14-15-8-9-15/h2-7,10,15,17H,8-9,11-14H2,1H3. The molecule has 0 spiro atoms. The van der Waals surface area contributed by atoms with E-state index >= 15 is 0 Å². The molecular weight excluding hydrogens is 340 g/mol. The summed E-state index contributed by atoms with van der Waals surface area (Å²) in [5.74, 6) is 0.683. The molecule has 1 amide bonds. The Morgan fingerprint density at radius 2 is 2.04 bits per heavy atom. The Kier molecular flexibility index (Phi) is 4.01. The molecule has 27 heavy (non-hydrogen) atoms. The van der Waals surface area contributed by atoms with Gasteiger partial charge >= 0.3 is 0 Å². The summed E-state index contributed by atoms with van der Waals surface area (Å²) in [5.41, 5.74) is 2.63. The maximum atomic E-state index is 13.4.